The number of H-pyrrole nitrogens is 1. The van der Waals surface area contributed by atoms with E-state index >= 15 is 0 Å². The lowest BCUT2D eigenvalue weighted by atomic mass is 10.1. The van der Waals surface area contributed by atoms with Crippen molar-refractivity contribution in [2.75, 3.05) is 0 Å². The van der Waals surface area contributed by atoms with Crippen molar-refractivity contribution in [2.45, 2.75) is 52.4 Å². The smallest absolute Gasteiger partial charge is 0.231 e. The highest BCUT2D eigenvalue weighted by atomic mass is 16.3. The quantitative estimate of drug-likeness (QED) is 0.780. The van der Waals surface area contributed by atoms with Crippen molar-refractivity contribution in [1.29, 1.82) is 0 Å². The summed E-state index contributed by atoms with van der Waals surface area (Å²) >= 11 is 0. The van der Waals surface area contributed by atoms with E-state index in [0.29, 0.717) is 11.1 Å². The van der Waals surface area contributed by atoms with Crippen LogP contribution in [0.3, 0.4) is 0 Å². The molecule has 20 heavy (non-hydrogen) atoms. The van der Waals surface area contributed by atoms with Crippen molar-refractivity contribution in [3.8, 4) is 5.75 Å². The molecule has 108 valence electrons. The maximum absolute atomic E-state index is 12.2. The third kappa shape index (κ3) is 3.21. The average Bonchev–Trinajstić information content (AvgIpc) is 2.44. The first-order valence-electron chi connectivity index (χ1n) is 7.48. The van der Waals surface area contributed by atoms with Gasteiger partial charge >= 0.3 is 0 Å². The lowest BCUT2D eigenvalue weighted by Gasteiger charge is -2.08. The number of nitrogens with one attached hydrogen (secondary N) is 1. The van der Waals surface area contributed by atoms with Gasteiger partial charge in [-0.05, 0) is 31.9 Å². The van der Waals surface area contributed by atoms with Crippen molar-refractivity contribution < 1.29 is 5.11 Å². The van der Waals surface area contributed by atoms with Gasteiger partial charge in [0.2, 0.25) is 5.43 Å². The number of benzene rings is 1. The Bertz CT molecular complexity index is 643. The topological polar surface area (TPSA) is 53.1 Å². The van der Waals surface area contributed by atoms with Crippen molar-refractivity contribution >= 4 is 10.9 Å². The zero-order valence-corrected chi connectivity index (χ0v) is 12.3. The minimum atomic E-state index is -0.258. The van der Waals surface area contributed by atoms with Crippen LogP contribution in [-0.2, 0) is 6.42 Å². The molecule has 0 aliphatic rings. The zero-order chi connectivity index (χ0) is 14.5. The van der Waals surface area contributed by atoms with Crippen LogP contribution in [0.2, 0.25) is 0 Å². The number of rotatable bonds is 6. The van der Waals surface area contributed by atoms with Crippen LogP contribution < -0.4 is 5.43 Å². The van der Waals surface area contributed by atoms with Gasteiger partial charge in [0.05, 0.1) is 5.69 Å². The van der Waals surface area contributed by atoms with Crippen LogP contribution in [0.5, 0.6) is 5.75 Å². The molecule has 0 bridgehead atoms. The van der Waals surface area contributed by atoms with Crippen molar-refractivity contribution in [1.82, 2.24) is 4.98 Å². The molecule has 0 unspecified atom stereocenters. The number of pyridine rings is 1. The van der Waals surface area contributed by atoms with E-state index in [2.05, 4.69) is 11.9 Å². The van der Waals surface area contributed by atoms with Gasteiger partial charge in [0.25, 0.3) is 0 Å². The van der Waals surface area contributed by atoms with Crippen LogP contribution >= 0.6 is 0 Å². The fraction of sp³-hybridized carbons (Fsp3) is 0.471. The first kappa shape index (κ1) is 14.6. The minimum absolute atomic E-state index is 0.112. The SMILES string of the molecule is CCCCCCCc1[nH]c2ccc(C)cc2c(=O)c1O. The fourth-order valence-electron chi connectivity index (χ4n) is 2.53. The van der Waals surface area contributed by atoms with E-state index in [4.69, 9.17) is 0 Å². The van der Waals surface area contributed by atoms with Gasteiger partial charge in [0.1, 0.15) is 0 Å². The van der Waals surface area contributed by atoms with Crippen molar-refractivity contribution in [3.05, 3.63) is 39.7 Å². The van der Waals surface area contributed by atoms with Gasteiger partial charge in [0.15, 0.2) is 5.75 Å². The number of unbranched alkanes of at least 4 members (excludes halogenated alkanes) is 4. The van der Waals surface area contributed by atoms with E-state index < -0.39 is 0 Å². The summed E-state index contributed by atoms with van der Waals surface area (Å²) in [7, 11) is 0. The number of aryl methyl sites for hydroxylation is 2. The Morgan fingerprint density at radius 1 is 1.15 bits per heavy atom. The van der Waals surface area contributed by atoms with Gasteiger partial charge in [-0.25, -0.2) is 0 Å². The number of hydrogen-bond acceptors (Lipinski definition) is 2. The Hall–Kier alpha value is -1.77. The number of aromatic hydroxyl groups is 1. The maximum atomic E-state index is 12.2. The fourth-order valence-corrected chi connectivity index (χ4v) is 2.53. The molecule has 2 aromatic rings. The standard InChI is InChI=1S/C17H23NO2/c1-3-4-5-6-7-8-15-17(20)16(19)13-11-12(2)9-10-14(13)18-15/h9-11,20H,3-8H2,1-2H3,(H,18,19). The predicted octanol–water partition coefficient (Wildman–Crippen LogP) is 4.06. The third-order valence-corrected chi connectivity index (χ3v) is 3.74. The maximum Gasteiger partial charge on any atom is 0.231 e. The third-order valence-electron chi connectivity index (χ3n) is 3.74. The van der Waals surface area contributed by atoms with E-state index in [-0.39, 0.29) is 11.2 Å². The molecule has 3 heteroatoms. The normalized spacial score (nSPS) is 11.1. The minimum Gasteiger partial charge on any atom is -0.503 e. The Morgan fingerprint density at radius 3 is 2.65 bits per heavy atom. The lowest BCUT2D eigenvalue weighted by Crippen LogP contribution is -2.07. The summed E-state index contributed by atoms with van der Waals surface area (Å²) in [6.07, 6.45) is 6.56. The molecule has 2 rings (SSSR count). The second-order valence-corrected chi connectivity index (χ2v) is 5.49. The van der Waals surface area contributed by atoms with Gasteiger partial charge in [-0.3, -0.25) is 4.79 Å². The number of fused-ring (bicyclic) bond motifs is 1. The molecule has 1 aromatic heterocycles. The zero-order valence-electron chi connectivity index (χ0n) is 12.3. The van der Waals surface area contributed by atoms with E-state index in [1.54, 1.807) is 0 Å². The number of hydrogen-bond donors (Lipinski definition) is 2. The molecule has 3 nitrogen and oxygen atoms in total. The highest BCUT2D eigenvalue weighted by molar-refractivity contribution is 5.80. The second kappa shape index (κ2) is 6.60. The molecule has 0 radical (unpaired) electrons. The van der Waals surface area contributed by atoms with Gasteiger partial charge in [-0.15, -0.1) is 0 Å². The number of aromatic nitrogens is 1. The summed E-state index contributed by atoms with van der Waals surface area (Å²) in [4.78, 5) is 15.4. The summed E-state index contributed by atoms with van der Waals surface area (Å²) < 4.78 is 0. The molecule has 0 atom stereocenters. The molecule has 0 spiro atoms. The monoisotopic (exact) mass is 273 g/mol. The van der Waals surface area contributed by atoms with Crippen LogP contribution in [0.1, 0.15) is 50.3 Å². The van der Waals surface area contributed by atoms with E-state index in [1.165, 1.54) is 19.3 Å². The van der Waals surface area contributed by atoms with Crippen LogP contribution in [0.25, 0.3) is 10.9 Å². The summed E-state index contributed by atoms with van der Waals surface area (Å²) in [5.74, 6) is -0.112. The Morgan fingerprint density at radius 2 is 1.90 bits per heavy atom. The summed E-state index contributed by atoms with van der Waals surface area (Å²) in [5, 5.41) is 10.6. The predicted molar refractivity (Wildman–Crippen MR) is 83.4 cm³/mol. The molecule has 0 aliphatic heterocycles. The highest BCUT2D eigenvalue weighted by Gasteiger charge is 2.10. The molecule has 1 aromatic carbocycles. The summed E-state index contributed by atoms with van der Waals surface area (Å²) in [6.45, 7) is 4.13. The second-order valence-electron chi connectivity index (χ2n) is 5.49. The number of aromatic amines is 1. The van der Waals surface area contributed by atoms with E-state index in [0.717, 1.165) is 30.3 Å². The molecule has 0 saturated carbocycles. The van der Waals surface area contributed by atoms with Gasteiger partial charge in [-0.2, -0.15) is 0 Å². The van der Waals surface area contributed by atoms with E-state index in [9.17, 15) is 9.90 Å². The molecular weight excluding hydrogens is 250 g/mol. The van der Waals surface area contributed by atoms with Gasteiger partial charge in [0, 0.05) is 10.9 Å². The molecule has 0 amide bonds. The molecule has 0 aliphatic carbocycles. The average molecular weight is 273 g/mol. The lowest BCUT2D eigenvalue weighted by molar-refractivity contribution is 0.458. The van der Waals surface area contributed by atoms with Crippen LogP contribution in [0.4, 0.5) is 0 Å². The van der Waals surface area contributed by atoms with Crippen LogP contribution in [0.15, 0.2) is 23.0 Å². The Labute approximate surface area is 119 Å². The molecular formula is C17H23NO2. The van der Waals surface area contributed by atoms with E-state index in [1.807, 2.05) is 25.1 Å². The Balaban J connectivity index is 2.20. The molecule has 2 N–H and O–H groups in total. The Kier molecular flexibility index (Phi) is 4.83. The molecule has 0 fully saturated rings. The summed E-state index contributed by atoms with van der Waals surface area (Å²) in [6, 6.07) is 5.70. The van der Waals surface area contributed by atoms with Crippen molar-refractivity contribution in [2.24, 2.45) is 0 Å². The van der Waals surface area contributed by atoms with Crippen molar-refractivity contribution in [3.63, 3.8) is 0 Å². The highest BCUT2D eigenvalue weighted by Crippen LogP contribution is 2.19. The van der Waals surface area contributed by atoms with Gasteiger partial charge in [-0.1, -0.05) is 44.2 Å². The van der Waals surface area contributed by atoms with Crippen LogP contribution in [-0.4, -0.2) is 10.1 Å². The first-order valence-corrected chi connectivity index (χ1v) is 7.48. The summed E-state index contributed by atoms with van der Waals surface area (Å²) in [5.41, 5.74) is 2.24. The largest absolute Gasteiger partial charge is 0.503 e. The molecule has 1 heterocycles. The molecule has 0 saturated heterocycles. The van der Waals surface area contributed by atoms with Gasteiger partial charge < -0.3 is 10.1 Å². The van der Waals surface area contributed by atoms with Crippen LogP contribution in [0, 0.1) is 6.92 Å². The first-order chi connectivity index (χ1) is 9.63.